The van der Waals surface area contributed by atoms with E-state index in [-0.39, 0.29) is 29.1 Å². The summed E-state index contributed by atoms with van der Waals surface area (Å²) in [7, 11) is 0. The van der Waals surface area contributed by atoms with Crippen LogP contribution in [0.1, 0.15) is 21.7 Å². The molecule has 23 heavy (non-hydrogen) atoms. The van der Waals surface area contributed by atoms with Gasteiger partial charge >= 0.3 is 6.18 Å². The van der Waals surface area contributed by atoms with Crippen molar-refractivity contribution in [1.29, 1.82) is 0 Å². The summed E-state index contributed by atoms with van der Waals surface area (Å²) in [5, 5.41) is 5.97. The van der Waals surface area contributed by atoms with Gasteiger partial charge in [-0.2, -0.15) is 13.2 Å². The van der Waals surface area contributed by atoms with E-state index in [0.29, 0.717) is 0 Å². The lowest BCUT2D eigenvalue weighted by Crippen LogP contribution is -2.33. The number of carbonyl (C=O) groups is 2. The fourth-order valence-electron chi connectivity index (χ4n) is 1.91. The Hall–Kier alpha value is -2.84. The van der Waals surface area contributed by atoms with Crippen LogP contribution >= 0.6 is 0 Å². The average Bonchev–Trinajstić information content (AvgIpc) is 2.86. The lowest BCUT2D eigenvalue weighted by Gasteiger charge is -2.07. The Morgan fingerprint density at radius 2 is 1.87 bits per heavy atom. The maximum absolute atomic E-state index is 12.6. The fourth-order valence-corrected chi connectivity index (χ4v) is 1.91. The first-order valence-electron chi connectivity index (χ1n) is 6.40. The highest BCUT2D eigenvalue weighted by molar-refractivity contribution is 6.02. The molecule has 1 aromatic heterocycles. The normalized spacial score (nSPS) is 11.3. The van der Waals surface area contributed by atoms with Gasteiger partial charge in [-0.05, 0) is 19.1 Å². The van der Waals surface area contributed by atoms with Gasteiger partial charge in [-0.3, -0.25) is 9.59 Å². The number of hydrogen-bond donors (Lipinski definition) is 2. The monoisotopic (exact) mass is 327 g/mol. The van der Waals surface area contributed by atoms with Crippen LogP contribution in [0.15, 0.2) is 28.8 Å². The summed E-state index contributed by atoms with van der Waals surface area (Å²) in [5.74, 6) is -1.22. The molecule has 0 bridgehead atoms. The molecule has 3 N–H and O–H groups in total. The van der Waals surface area contributed by atoms with Gasteiger partial charge in [0.2, 0.25) is 5.91 Å². The first kappa shape index (κ1) is 16.5. The maximum atomic E-state index is 12.6. The van der Waals surface area contributed by atoms with E-state index in [4.69, 9.17) is 10.3 Å². The lowest BCUT2D eigenvalue weighted by molar-refractivity contribution is -0.137. The van der Waals surface area contributed by atoms with Crippen LogP contribution in [0.4, 0.5) is 13.2 Å². The number of aryl methyl sites for hydroxylation is 1. The SMILES string of the molecule is Cc1onc(-c2ccc(C(F)(F)F)cc2)c1C(=O)NCC(N)=O. The van der Waals surface area contributed by atoms with E-state index in [1.165, 1.54) is 19.1 Å². The van der Waals surface area contributed by atoms with E-state index in [1.807, 2.05) is 0 Å². The van der Waals surface area contributed by atoms with Crippen LogP contribution in [-0.2, 0) is 11.0 Å². The van der Waals surface area contributed by atoms with E-state index < -0.39 is 23.6 Å². The standard InChI is InChI=1S/C14H12F3N3O3/c1-7-11(13(22)19-6-10(18)21)12(20-23-7)8-2-4-9(5-3-8)14(15,16)17/h2-5H,6H2,1H3,(H2,18,21)(H,19,22). The van der Waals surface area contributed by atoms with Crippen LogP contribution in [-0.4, -0.2) is 23.5 Å². The van der Waals surface area contributed by atoms with Crippen molar-refractivity contribution in [3.8, 4) is 11.3 Å². The van der Waals surface area contributed by atoms with Gasteiger partial charge in [0, 0.05) is 5.56 Å². The molecule has 0 aliphatic carbocycles. The van der Waals surface area contributed by atoms with E-state index in [1.54, 1.807) is 0 Å². The van der Waals surface area contributed by atoms with Crippen LogP contribution in [0.3, 0.4) is 0 Å². The van der Waals surface area contributed by atoms with Crippen molar-refractivity contribution < 1.29 is 27.3 Å². The van der Waals surface area contributed by atoms with Gasteiger partial charge in [0.1, 0.15) is 17.0 Å². The Morgan fingerprint density at radius 3 is 2.39 bits per heavy atom. The minimum Gasteiger partial charge on any atom is -0.368 e. The number of halogens is 3. The first-order valence-corrected chi connectivity index (χ1v) is 6.40. The Morgan fingerprint density at radius 1 is 1.26 bits per heavy atom. The van der Waals surface area contributed by atoms with Gasteiger partial charge in [-0.1, -0.05) is 17.3 Å². The van der Waals surface area contributed by atoms with Crippen LogP contribution in [0.2, 0.25) is 0 Å². The maximum Gasteiger partial charge on any atom is 0.416 e. The third-order valence-electron chi connectivity index (χ3n) is 3.00. The van der Waals surface area contributed by atoms with Gasteiger partial charge < -0.3 is 15.6 Å². The Bertz CT molecular complexity index is 736. The van der Waals surface area contributed by atoms with E-state index >= 15 is 0 Å². The molecule has 122 valence electrons. The van der Waals surface area contributed by atoms with Gasteiger partial charge in [0.05, 0.1) is 12.1 Å². The molecule has 1 aromatic carbocycles. The zero-order valence-electron chi connectivity index (χ0n) is 11.9. The summed E-state index contributed by atoms with van der Waals surface area (Å²) in [5.41, 5.74) is 4.51. The van der Waals surface area contributed by atoms with Crippen molar-refractivity contribution in [2.45, 2.75) is 13.1 Å². The van der Waals surface area contributed by atoms with Crippen LogP contribution < -0.4 is 11.1 Å². The van der Waals surface area contributed by atoms with Crippen LogP contribution in [0.25, 0.3) is 11.3 Å². The molecule has 0 saturated heterocycles. The molecule has 2 aromatic rings. The third-order valence-corrected chi connectivity index (χ3v) is 3.00. The highest BCUT2D eigenvalue weighted by Crippen LogP contribution is 2.32. The Labute approximate surface area is 128 Å². The average molecular weight is 327 g/mol. The second kappa shape index (κ2) is 6.11. The van der Waals surface area contributed by atoms with Gasteiger partial charge in [0.25, 0.3) is 5.91 Å². The molecular formula is C14H12F3N3O3. The lowest BCUT2D eigenvalue weighted by atomic mass is 10.0. The molecule has 6 nitrogen and oxygen atoms in total. The zero-order chi connectivity index (χ0) is 17.2. The van der Waals surface area contributed by atoms with Crippen molar-refractivity contribution in [2.24, 2.45) is 5.73 Å². The van der Waals surface area contributed by atoms with Crippen molar-refractivity contribution in [1.82, 2.24) is 10.5 Å². The molecule has 0 radical (unpaired) electrons. The fraction of sp³-hybridized carbons (Fsp3) is 0.214. The number of carbonyl (C=O) groups excluding carboxylic acids is 2. The highest BCUT2D eigenvalue weighted by Gasteiger charge is 2.30. The smallest absolute Gasteiger partial charge is 0.368 e. The molecule has 0 saturated carbocycles. The predicted octanol–water partition coefficient (Wildman–Crippen LogP) is 1.88. The second-order valence-corrected chi connectivity index (χ2v) is 4.69. The third kappa shape index (κ3) is 3.68. The molecule has 2 rings (SSSR count). The number of benzene rings is 1. The minimum atomic E-state index is -4.46. The number of amides is 2. The number of nitrogens with two attached hydrogens (primary N) is 1. The summed E-state index contributed by atoms with van der Waals surface area (Å²) in [4.78, 5) is 22.8. The van der Waals surface area contributed by atoms with Crippen molar-refractivity contribution in [2.75, 3.05) is 6.54 Å². The number of nitrogens with zero attached hydrogens (tertiary/aromatic N) is 1. The molecular weight excluding hydrogens is 315 g/mol. The zero-order valence-corrected chi connectivity index (χ0v) is 11.9. The molecule has 0 fully saturated rings. The summed E-state index contributed by atoms with van der Waals surface area (Å²) in [6.07, 6.45) is -4.46. The number of alkyl halides is 3. The molecule has 0 atom stereocenters. The van der Waals surface area contributed by atoms with Crippen LogP contribution in [0.5, 0.6) is 0 Å². The highest BCUT2D eigenvalue weighted by atomic mass is 19.4. The van der Waals surface area contributed by atoms with Crippen molar-refractivity contribution in [3.63, 3.8) is 0 Å². The molecule has 2 amide bonds. The second-order valence-electron chi connectivity index (χ2n) is 4.69. The number of nitrogens with one attached hydrogen (secondary N) is 1. The first-order chi connectivity index (χ1) is 10.7. The summed E-state index contributed by atoms with van der Waals surface area (Å²) in [6, 6.07) is 4.13. The molecule has 0 aliphatic heterocycles. The molecule has 0 aliphatic rings. The van der Waals surface area contributed by atoms with Gasteiger partial charge in [-0.15, -0.1) is 0 Å². The Balaban J connectivity index is 2.34. The molecule has 9 heteroatoms. The molecule has 0 spiro atoms. The number of rotatable bonds is 4. The topological polar surface area (TPSA) is 98.2 Å². The molecule has 1 heterocycles. The van der Waals surface area contributed by atoms with E-state index in [0.717, 1.165) is 12.1 Å². The predicted molar refractivity (Wildman–Crippen MR) is 73.2 cm³/mol. The number of aromatic nitrogens is 1. The molecule has 0 unspecified atom stereocenters. The summed E-state index contributed by atoms with van der Waals surface area (Å²) in [6.45, 7) is 1.09. The van der Waals surface area contributed by atoms with Gasteiger partial charge in [-0.25, -0.2) is 0 Å². The van der Waals surface area contributed by atoms with Gasteiger partial charge in [0.15, 0.2) is 0 Å². The number of hydrogen-bond acceptors (Lipinski definition) is 4. The van der Waals surface area contributed by atoms with E-state index in [2.05, 4.69) is 10.5 Å². The summed E-state index contributed by atoms with van der Waals surface area (Å²) >= 11 is 0. The quantitative estimate of drug-likeness (QED) is 0.896. The Kier molecular flexibility index (Phi) is 4.39. The largest absolute Gasteiger partial charge is 0.416 e. The van der Waals surface area contributed by atoms with Crippen molar-refractivity contribution >= 4 is 11.8 Å². The number of primary amides is 1. The van der Waals surface area contributed by atoms with Crippen LogP contribution in [0, 0.1) is 6.92 Å². The van der Waals surface area contributed by atoms with Crippen molar-refractivity contribution in [3.05, 3.63) is 41.2 Å². The summed E-state index contributed by atoms with van der Waals surface area (Å²) < 4.78 is 42.6. The van der Waals surface area contributed by atoms with E-state index in [9.17, 15) is 22.8 Å². The minimum absolute atomic E-state index is 0.0333.